The second-order valence-corrected chi connectivity index (χ2v) is 3.85. The van der Waals surface area contributed by atoms with Gasteiger partial charge in [-0.2, -0.15) is 0 Å². The van der Waals surface area contributed by atoms with Crippen LogP contribution in [0, 0.1) is 0 Å². The molecule has 1 aliphatic carbocycles. The Kier molecular flexibility index (Phi) is 6.10. The van der Waals surface area contributed by atoms with Crippen molar-refractivity contribution in [2.24, 2.45) is 0 Å². The third kappa shape index (κ3) is 4.31. The molecule has 6 heteroatoms. The van der Waals surface area contributed by atoms with Gasteiger partial charge in [-0.3, -0.25) is 9.59 Å². The van der Waals surface area contributed by atoms with Crippen molar-refractivity contribution >= 4 is 11.6 Å². The zero-order chi connectivity index (χ0) is 13.4. The number of allylic oxidation sites excluding steroid dienone is 2. The number of nitrogens with one attached hydrogen (secondary N) is 2. The van der Waals surface area contributed by atoms with E-state index in [0.717, 1.165) is 0 Å². The van der Waals surface area contributed by atoms with E-state index < -0.39 is 0 Å². The molecule has 0 atom stereocenters. The monoisotopic (exact) mass is 254 g/mol. The molecular formula is C12H18N2O4. The molecule has 0 fully saturated rings. The summed E-state index contributed by atoms with van der Waals surface area (Å²) in [7, 11) is 0. The summed E-state index contributed by atoms with van der Waals surface area (Å²) in [5, 5.41) is 22.9. The predicted molar refractivity (Wildman–Crippen MR) is 65.6 cm³/mol. The summed E-state index contributed by atoms with van der Waals surface area (Å²) in [4.78, 5) is 23.3. The van der Waals surface area contributed by atoms with Crippen LogP contribution in [0.25, 0.3) is 0 Å². The van der Waals surface area contributed by atoms with E-state index in [1.807, 2.05) is 0 Å². The lowest BCUT2D eigenvalue weighted by molar-refractivity contribution is -0.115. The number of rotatable bonds is 8. The van der Waals surface area contributed by atoms with Crippen LogP contribution in [0.2, 0.25) is 0 Å². The highest BCUT2D eigenvalue weighted by Crippen LogP contribution is 2.07. The molecule has 1 rings (SSSR count). The van der Waals surface area contributed by atoms with E-state index in [2.05, 4.69) is 10.6 Å². The van der Waals surface area contributed by atoms with Gasteiger partial charge in [0.2, 0.25) is 11.6 Å². The molecule has 100 valence electrons. The Labute approximate surface area is 105 Å². The standard InChI is InChI=1S/C12H18N2O4/c15-5-1-3-13-9-7-12(18)10(8-11(9)17)14-4-2-6-16/h7-8,13-16H,1-6H2. The minimum atomic E-state index is -0.265. The van der Waals surface area contributed by atoms with E-state index in [4.69, 9.17) is 10.2 Å². The first-order chi connectivity index (χ1) is 8.69. The van der Waals surface area contributed by atoms with Gasteiger partial charge in [0.1, 0.15) is 0 Å². The summed E-state index contributed by atoms with van der Waals surface area (Å²) in [5.74, 6) is -0.530. The lowest BCUT2D eigenvalue weighted by Crippen LogP contribution is -2.30. The van der Waals surface area contributed by atoms with Crippen LogP contribution >= 0.6 is 0 Å². The smallest absolute Gasteiger partial charge is 0.203 e. The minimum Gasteiger partial charge on any atom is -0.396 e. The van der Waals surface area contributed by atoms with Gasteiger partial charge in [-0.15, -0.1) is 0 Å². The van der Waals surface area contributed by atoms with Gasteiger partial charge < -0.3 is 20.8 Å². The molecule has 0 aliphatic heterocycles. The number of hydrogen-bond acceptors (Lipinski definition) is 6. The average Bonchev–Trinajstić information content (AvgIpc) is 2.35. The molecule has 1 aliphatic rings. The maximum absolute atomic E-state index is 11.7. The van der Waals surface area contributed by atoms with Crippen molar-refractivity contribution in [2.45, 2.75) is 12.8 Å². The predicted octanol–water partition coefficient (Wildman–Crippen LogP) is -1.15. The van der Waals surface area contributed by atoms with Crippen LogP contribution in [0.15, 0.2) is 23.5 Å². The van der Waals surface area contributed by atoms with Gasteiger partial charge in [0.05, 0.1) is 11.4 Å². The Balaban J connectivity index is 2.51. The van der Waals surface area contributed by atoms with E-state index in [9.17, 15) is 9.59 Å². The van der Waals surface area contributed by atoms with Crippen LogP contribution in [-0.4, -0.2) is 48.1 Å². The van der Waals surface area contributed by atoms with Gasteiger partial charge in [-0.1, -0.05) is 0 Å². The Morgan fingerprint density at radius 1 is 0.833 bits per heavy atom. The number of carbonyl (C=O) groups is 2. The Hall–Kier alpha value is -1.66. The van der Waals surface area contributed by atoms with Gasteiger partial charge in [0.15, 0.2) is 0 Å². The molecule has 0 aromatic heterocycles. The molecule has 0 aromatic carbocycles. The zero-order valence-corrected chi connectivity index (χ0v) is 10.1. The number of carbonyl (C=O) groups excluding carboxylic acids is 2. The summed E-state index contributed by atoms with van der Waals surface area (Å²) in [6.45, 7) is 0.962. The Morgan fingerprint density at radius 2 is 1.22 bits per heavy atom. The topological polar surface area (TPSA) is 98.7 Å². The summed E-state index contributed by atoms with van der Waals surface area (Å²) in [5.41, 5.74) is 0.502. The van der Waals surface area contributed by atoms with Crippen LogP contribution in [0.5, 0.6) is 0 Å². The van der Waals surface area contributed by atoms with Gasteiger partial charge in [0, 0.05) is 38.5 Å². The Bertz CT molecular complexity index is 338. The third-order valence-electron chi connectivity index (χ3n) is 2.38. The van der Waals surface area contributed by atoms with Crippen LogP contribution in [0.4, 0.5) is 0 Å². The van der Waals surface area contributed by atoms with Gasteiger partial charge in [-0.05, 0) is 12.8 Å². The number of aliphatic hydroxyl groups is 2. The third-order valence-corrected chi connectivity index (χ3v) is 2.38. The van der Waals surface area contributed by atoms with E-state index in [1.165, 1.54) is 12.2 Å². The quantitative estimate of drug-likeness (QED) is 0.322. The van der Waals surface area contributed by atoms with E-state index in [0.29, 0.717) is 25.9 Å². The fourth-order valence-corrected chi connectivity index (χ4v) is 1.44. The molecule has 0 radical (unpaired) electrons. The van der Waals surface area contributed by atoms with E-state index in [-0.39, 0.29) is 36.2 Å². The van der Waals surface area contributed by atoms with Gasteiger partial charge >= 0.3 is 0 Å². The van der Waals surface area contributed by atoms with E-state index in [1.54, 1.807) is 0 Å². The molecule has 0 unspecified atom stereocenters. The zero-order valence-electron chi connectivity index (χ0n) is 10.1. The highest BCUT2D eigenvalue weighted by Gasteiger charge is 2.19. The number of aliphatic hydroxyl groups excluding tert-OH is 2. The summed E-state index contributed by atoms with van der Waals surface area (Å²) in [6.07, 6.45) is 3.54. The van der Waals surface area contributed by atoms with Crippen molar-refractivity contribution in [2.75, 3.05) is 26.3 Å². The molecule has 0 aromatic rings. The summed E-state index contributed by atoms with van der Waals surface area (Å²) < 4.78 is 0. The van der Waals surface area contributed by atoms with E-state index >= 15 is 0 Å². The van der Waals surface area contributed by atoms with Crippen LogP contribution in [-0.2, 0) is 9.59 Å². The number of ketones is 2. The molecular weight excluding hydrogens is 236 g/mol. The second kappa shape index (κ2) is 7.62. The van der Waals surface area contributed by atoms with Crippen molar-refractivity contribution in [1.82, 2.24) is 10.6 Å². The summed E-state index contributed by atoms with van der Waals surface area (Å²) in [6, 6.07) is 0. The molecule has 0 heterocycles. The number of hydrogen-bond donors (Lipinski definition) is 4. The first-order valence-corrected chi connectivity index (χ1v) is 5.90. The fraction of sp³-hybridized carbons (Fsp3) is 0.500. The molecule has 4 N–H and O–H groups in total. The molecule has 0 saturated carbocycles. The van der Waals surface area contributed by atoms with Crippen molar-refractivity contribution in [3.05, 3.63) is 23.5 Å². The van der Waals surface area contributed by atoms with Crippen molar-refractivity contribution in [3.63, 3.8) is 0 Å². The van der Waals surface area contributed by atoms with Crippen LogP contribution < -0.4 is 10.6 Å². The van der Waals surface area contributed by atoms with Crippen molar-refractivity contribution in [1.29, 1.82) is 0 Å². The Morgan fingerprint density at radius 3 is 1.56 bits per heavy atom. The first kappa shape index (κ1) is 14.4. The largest absolute Gasteiger partial charge is 0.396 e. The van der Waals surface area contributed by atoms with Crippen molar-refractivity contribution in [3.8, 4) is 0 Å². The molecule has 18 heavy (non-hydrogen) atoms. The van der Waals surface area contributed by atoms with Crippen molar-refractivity contribution < 1.29 is 19.8 Å². The maximum atomic E-state index is 11.7. The molecule has 0 spiro atoms. The lowest BCUT2D eigenvalue weighted by Gasteiger charge is -2.14. The normalized spacial score (nSPS) is 15.2. The highest BCUT2D eigenvalue weighted by atomic mass is 16.3. The SMILES string of the molecule is O=C1C=C(NCCCO)C(=O)C=C1NCCCO. The molecule has 0 bridgehead atoms. The lowest BCUT2D eigenvalue weighted by atomic mass is 10.1. The molecule has 0 saturated heterocycles. The highest BCUT2D eigenvalue weighted by molar-refractivity contribution is 6.19. The molecule has 6 nitrogen and oxygen atoms in total. The fourth-order valence-electron chi connectivity index (χ4n) is 1.44. The summed E-state index contributed by atoms with van der Waals surface area (Å²) >= 11 is 0. The second-order valence-electron chi connectivity index (χ2n) is 3.85. The maximum Gasteiger partial charge on any atom is 0.203 e. The van der Waals surface area contributed by atoms with Crippen LogP contribution in [0.1, 0.15) is 12.8 Å². The van der Waals surface area contributed by atoms with Gasteiger partial charge in [-0.25, -0.2) is 0 Å². The first-order valence-electron chi connectivity index (χ1n) is 5.90. The van der Waals surface area contributed by atoms with Crippen LogP contribution in [0.3, 0.4) is 0 Å². The molecule has 0 amide bonds. The van der Waals surface area contributed by atoms with Gasteiger partial charge in [0.25, 0.3) is 0 Å². The average molecular weight is 254 g/mol. The minimum absolute atomic E-state index is 0.0339.